The van der Waals surface area contributed by atoms with Crippen LogP contribution in [0.4, 0.5) is 13.2 Å². The Morgan fingerprint density at radius 3 is 2.41 bits per heavy atom. The minimum atomic E-state index is -0.687. The SMILES string of the molecule is O=C(CCCc1nc(-c2ccc(F)cc2)no1)NCc1cc(F)cc(F)c1. The van der Waals surface area contributed by atoms with Gasteiger partial charge < -0.3 is 9.84 Å². The van der Waals surface area contributed by atoms with Crippen LogP contribution in [-0.2, 0) is 17.8 Å². The van der Waals surface area contributed by atoms with Crippen molar-refractivity contribution in [1.82, 2.24) is 15.5 Å². The van der Waals surface area contributed by atoms with Gasteiger partial charge in [0.1, 0.15) is 17.5 Å². The van der Waals surface area contributed by atoms with E-state index in [9.17, 15) is 18.0 Å². The zero-order valence-corrected chi connectivity index (χ0v) is 14.2. The molecule has 0 atom stereocenters. The molecule has 0 saturated heterocycles. The van der Waals surface area contributed by atoms with E-state index in [1.165, 1.54) is 24.3 Å². The second-order valence-electron chi connectivity index (χ2n) is 5.93. The molecule has 0 aliphatic carbocycles. The second kappa shape index (κ2) is 8.48. The summed E-state index contributed by atoms with van der Waals surface area (Å²) in [6, 6.07) is 8.81. The van der Waals surface area contributed by atoms with Crippen LogP contribution in [0, 0.1) is 17.5 Å². The molecular formula is C19H16F3N3O2. The molecule has 8 heteroatoms. The Balaban J connectivity index is 1.44. The van der Waals surface area contributed by atoms with Gasteiger partial charge in [0.05, 0.1) is 0 Å². The Morgan fingerprint density at radius 1 is 1.00 bits per heavy atom. The van der Waals surface area contributed by atoms with Gasteiger partial charge in [-0.2, -0.15) is 4.98 Å². The normalized spacial score (nSPS) is 10.8. The van der Waals surface area contributed by atoms with Crippen molar-refractivity contribution in [2.24, 2.45) is 0 Å². The van der Waals surface area contributed by atoms with Gasteiger partial charge in [0, 0.05) is 31.0 Å². The maximum Gasteiger partial charge on any atom is 0.226 e. The van der Waals surface area contributed by atoms with Crippen molar-refractivity contribution in [1.29, 1.82) is 0 Å². The molecule has 27 heavy (non-hydrogen) atoms. The van der Waals surface area contributed by atoms with Gasteiger partial charge in [0.15, 0.2) is 0 Å². The second-order valence-corrected chi connectivity index (χ2v) is 5.93. The molecule has 0 bridgehead atoms. The van der Waals surface area contributed by atoms with E-state index in [0.29, 0.717) is 35.7 Å². The number of hydrogen-bond acceptors (Lipinski definition) is 4. The van der Waals surface area contributed by atoms with Gasteiger partial charge in [-0.05, 0) is 48.4 Å². The molecule has 0 saturated carbocycles. The van der Waals surface area contributed by atoms with Crippen LogP contribution >= 0.6 is 0 Å². The molecule has 3 aromatic rings. The van der Waals surface area contributed by atoms with Crippen LogP contribution in [0.1, 0.15) is 24.3 Å². The molecule has 140 valence electrons. The van der Waals surface area contributed by atoms with Crippen molar-refractivity contribution in [2.75, 3.05) is 0 Å². The molecule has 2 aromatic carbocycles. The van der Waals surface area contributed by atoms with Crippen molar-refractivity contribution in [3.63, 3.8) is 0 Å². The van der Waals surface area contributed by atoms with E-state index >= 15 is 0 Å². The molecule has 5 nitrogen and oxygen atoms in total. The Labute approximate surface area is 153 Å². The van der Waals surface area contributed by atoms with Crippen LogP contribution in [0.2, 0.25) is 0 Å². The number of nitrogens with one attached hydrogen (secondary N) is 1. The van der Waals surface area contributed by atoms with E-state index in [4.69, 9.17) is 4.52 Å². The minimum absolute atomic E-state index is 0.0444. The lowest BCUT2D eigenvalue weighted by Crippen LogP contribution is -2.22. The summed E-state index contributed by atoms with van der Waals surface area (Å²) in [5.41, 5.74) is 0.980. The molecular weight excluding hydrogens is 359 g/mol. The monoisotopic (exact) mass is 375 g/mol. The number of aromatic nitrogens is 2. The molecule has 0 aliphatic heterocycles. The van der Waals surface area contributed by atoms with Crippen molar-refractivity contribution in [3.8, 4) is 11.4 Å². The maximum atomic E-state index is 13.1. The number of hydrogen-bond donors (Lipinski definition) is 1. The van der Waals surface area contributed by atoms with Crippen LogP contribution in [0.25, 0.3) is 11.4 Å². The zero-order chi connectivity index (χ0) is 19.2. The quantitative estimate of drug-likeness (QED) is 0.682. The van der Waals surface area contributed by atoms with Crippen molar-refractivity contribution < 1.29 is 22.5 Å². The average Bonchev–Trinajstić information content (AvgIpc) is 3.09. The minimum Gasteiger partial charge on any atom is -0.352 e. The highest BCUT2D eigenvalue weighted by atomic mass is 19.1. The topological polar surface area (TPSA) is 68.0 Å². The number of rotatable bonds is 7. The van der Waals surface area contributed by atoms with E-state index in [0.717, 1.165) is 6.07 Å². The van der Waals surface area contributed by atoms with Crippen LogP contribution in [0.3, 0.4) is 0 Å². The number of carbonyl (C=O) groups is 1. The first kappa shape index (κ1) is 18.6. The molecule has 0 spiro atoms. The summed E-state index contributed by atoms with van der Waals surface area (Å²) >= 11 is 0. The third-order valence-electron chi connectivity index (χ3n) is 3.78. The summed E-state index contributed by atoms with van der Waals surface area (Å²) < 4.78 is 44.2. The van der Waals surface area contributed by atoms with Crippen molar-refractivity contribution in [3.05, 3.63) is 71.4 Å². The lowest BCUT2D eigenvalue weighted by molar-refractivity contribution is -0.121. The smallest absolute Gasteiger partial charge is 0.226 e. The molecule has 0 radical (unpaired) electrons. The molecule has 1 heterocycles. The first-order chi connectivity index (χ1) is 13.0. The van der Waals surface area contributed by atoms with Gasteiger partial charge in [-0.3, -0.25) is 4.79 Å². The Hall–Kier alpha value is -3.16. The lowest BCUT2D eigenvalue weighted by Gasteiger charge is -2.05. The average molecular weight is 375 g/mol. The fourth-order valence-corrected chi connectivity index (χ4v) is 2.47. The lowest BCUT2D eigenvalue weighted by atomic mass is 10.2. The largest absolute Gasteiger partial charge is 0.352 e. The molecule has 0 aliphatic rings. The van der Waals surface area contributed by atoms with Crippen LogP contribution in [0.15, 0.2) is 47.0 Å². The molecule has 1 aromatic heterocycles. The fourth-order valence-electron chi connectivity index (χ4n) is 2.47. The Morgan fingerprint density at radius 2 is 1.70 bits per heavy atom. The third-order valence-corrected chi connectivity index (χ3v) is 3.78. The summed E-state index contributed by atoms with van der Waals surface area (Å²) in [5.74, 6) is -1.26. The third kappa shape index (κ3) is 5.40. The number of amides is 1. The summed E-state index contributed by atoms with van der Waals surface area (Å²) in [6.07, 6.45) is 1.07. The first-order valence-electron chi connectivity index (χ1n) is 8.30. The van der Waals surface area contributed by atoms with Crippen LogP contribution < -0.4 is 5.32 Å². The van der Waals surface area contributed by atoms with E-state index in [2.05, 4.69) is 15.5 Å². The highest BCUT2D eigenvalue weighted by Crippen LogP contribution is 2.17. The number of halogens is 3. The van der Waals surface area contributed by atoms with Crippen molar-refractivity contribution >= 4 is 5.91 Å². The maximum absolute atomic E-state index is 13.1. The van der Waals surface area contributed by atoms with Gasteiger partial charge in [0.2, 0.25) is 17.6 Å². The predicted molar refractivity (Wildman–Crippen MR) is 90.8 cm³/mol. The Bertz CT molecular complexity index is 906. The molecule has 0 unspecified atom stereocenters. The Kier molecular flexibility index (Phi) is 5.85. The standard InChI is InChI=1S/C19H16F3N3O2/c20-14-6-4-13(5-7-14)19-24-18(27-25-19)3-1-2-17(26)23-11-12-8-15(21)10-16(22)9-12/h4-10H,1-3,11H2,(H,23,26). The van der Waals surface area contributed by atoms with Gasteiger partial charge in [-0.25, -0.2) is 13.2 Å². The van der Waals surface area contributed by atoms with Gasteiger partial charge in [0.25, 0.3) is 0 Å². The van der Waals surface area contributed by atoms with E-state index < -0.39 is 11.6 Å². The summed E-state index contributed by atoms with van der Waals surface area (Å²) in [6.45, 7) is 0.0444. The molecule has 1 amide bonds. The van der Waals surface area contributed by atoms with Gasteiger partial charge in [-0.1, -0.05) is 5.16 Å². The van der Waals surface area contributed by atoms with E-state index in [1.54, 1.807) is 12.1 Å². The van der Waals surface area contributed by atoms with E-state index in [1.807, 2.05) is 0 Å². The zero-order valence-electron chi connectivity index (χ0n) is 14.2. The number of benzene rings is 2. The number of carbonyl (C=O) groups excluding carboxylic acids is 1. The highest BCUT2D eigenvalue weighted by Gasteiger charge is 2.10. The summed E-state index contributed by atoms with van der Waals surface area (Å²) in [5, 5.41) is 6.43. The van der Waals surface area contributed by atoms with Crippen LogP contribution in [0.5, 0.6) is 0 Å². The van der Waals surface area contributed by atoms with Crippen LogP contribution in [-0.4, -0.2) is 16.0 Å². The van der Waals surface area contributed by atoms with Crippen molar-refractivity contribution in [2.45, 2.75) is 25.8 Å². The number of nitrogens with zero attached hydrogens (tertiary/aromatic N) is 2. The van der Waals surface area contributed by atoms with Gasteiger partial charge in [-0.15, -0.1) is 0 Å². The van der Waals surface area contributed by atoms with Gasteiger partial charge >= 0.3 is 0 Å². The van der Waals surface area contributed by atoms with E-state index in [-0.39, 0.29) is 24.7 Å². The summed E-state index contributed by atoms with van der Waals surface area (Å²) in [4.78, 5) is 16.0. The predicted octanol–water partition coefficient (Wildman–Crippen LogP) is 3.79. The molecule has 0 fully saturated rings. The highest BCUT2D eigenvalue weighted by molar-refractivity contribution is 5.75. The fraction of sp³-hybridized carbons (Fsp3) is 0.211. The molecule has 3 rings (SSSR count). The first-order valence-corrected chi connectivity index (χ1v) is 8.30. The number of aryl methyl sites for hydroxylation is 1. The summed E-state index contributed by atoms with van der Waals surface area (Å²) in [7, 11) is 0. The molecule has 1 N–H and O–H groups in total.